The van der Waals surface area contributed by atoms with Gasteiger partial charge in [-0.05, 0) is 37.8 Å². The Kier molecular flexibility index (Phi) is 6.39. The molecule has 2 fully saturated rings. The van der Waals surface area contributed by atoms with E-state index in [1.54, 1.807) is 0 Å². The van der Waals surface area contributed by atoms with Crippen molar-refractivity contribution in [1.82, 2.24) is 10.2 Å². The van der Waals surface area contributed by atoms with E-state index in [1.165, 1.54) is 0 Å². The van der Waals surface area contributed by atoms with E-state index in [-0.39, 0.29) is 17.6 Å². The van der Waals surface area contributed by atoms with Crippen LogP contribution in [0.3, 0.4) is 0 Å². The Hall–Kier alpha value is -2.48. The molecule has 6 nitrogen and oxygen atoms in total. The topological polar surface area (TPSA) is 77.5 Å². The highest BCUT2D eigenvalue weighted by atomic mass is 19.1. The lowest BCUT2D eigenvalue weighted by atomic mass is 10.2. The normalized spacial score (nSPS) is 18.8. The highest BCUT2D eigenvalue weighted by molar-refractivity contribution is 6.05. The lowest BCUT2D eigenvalue weighted by Crippen LogP contribution is -2.44. The fourth-order valence-corrected chi connectivity index (χ4v) is 3.42. The van der Waals surface area contributed by atoms with Gasteiger partial charge in [-0.1, -0.05) is 0 Å². The van der Waals surface area contributed by atoms with E-state index in [2.05, 4.69) is 10.6 Å². The molecule has 1 aliphatic carbocycles. The van der Waals surface area contributed by atoms with Crippen LogP contribution in [0.4, 0.5) is 14.5 Å². The van der Waals surface area contributed by atoms with Crippen molar-refractivity contribution in [2.24, 2.45) is 0 Å². The second-order valence-electron chi connectivity index (χ2n) is 6.73. The van der Waals surface area contributed by atoms with Crippen LogP contribution in [-0.2, 0) is 9.53 Å². The summed E-state index contributed by atoms with van der Waals surface area (Å²) in [5.74, 6) is -2.13. The van der Waals surface area contributed by atoms with Crippen molar-refractivity contribution in [3.63, 3.8) is 0 Å². The molecular weight excluding hydrogens is 354 g/mol. The predicted octanol–water partition coefficient (Wildman–Crippen LogP) is 2.63. The zero-order valence-corrected chi connectivity index (χ0v) is 15.1. The molecule has 1 aromatic rings. The summed E-state index contributed by atoms with van der Waals surface area (Å²) in [7, 11) is 0. The molecule has 1 saturated heterocycles. The second-order valence-corrected chi connectivity index (χ2v) is 6.73. The van der Waals surface area contributed by atoms with Crippen LogP contribution >= 0.6 is 0 Å². The fourth-order valence-electron chi connectivity index (χ4n) is 3.42. The average Bonchev–Trinajstić information content (AvgIpc) is 3.15. The van der Waals surface area contributed by atoms with E-state index in [0.29, 0.717) is 18.8 Å². The van der Waals surface area contributed by atoms with Crippen molar-refractivity contribution in [3.05, 3.63) is 41.3 Å². The van der Waals surface area contributed by atoms with Gasteiger partial charge in [0, 0.05) is 44.1 Å². The minimum absolute atomic E-state index is 0.00895. The molecule has 1 aliphatic heterocycles. The molecule has 0 spiro atoms. The van der Waals surface area contributed by atoms with Gasteiger partial charge >= 0.3 is 0 Å². The van der Waals surface area contributed by atoms with Gasteiger partial charge in [0.15, 0.2) is 0 Å². The largest absolute Gasteiger partial charge is 0.483 e. The zero-order chi connectivity index (χ0) is 19.2. The molecule has 3 N–H and O–H groups in total. The first kappa shape index (κ1) is 19.3. The Morgan fingerprint density at radius 1 is 1.19 bits per heavy atom. The van der Waals surface area contributed by atoms with Crippen LogP contribution in [0.1, 0.15) is 25.7 Å². The molecule has 0 bridgehead atoms. The Bertz CT molecular complexity index is 706. The van der Waals surface area contributed by atoms with Gasteiger partial charge in [0.05, 0.1) is 6.10 Å². The highest BCUT2D eigenvalue weighted by Crippen LogP contribution is 2.26. The summed E-state index contributed by atoms with van der Waals surface area (Å²) in [6.07, 6.45) is 4.77. The molecule has 2 aliphatic rings. The number of anilines is 1. The van der Waals surface area contributed by atoms with Crippen molar-refractivity contribution in [3.8, 4) is 0 Å². The number of rotatable bonds is 6. The van der Waals surface area contributed by atoms with Crippen LogP contribution in [-0.4, -0.2) is 49.3 Å². The van der Waals surface area contributed by atoms with Crippen LogP contribution in [0.2, 0.25) is 0 Å². The summed E-state index contributed by atoms with van der Waals surface area (Å²) in [5, 5.41) is 13.5. The van der Waals surface area contributed by atoms with Crippen LogP contribution in [0.15, 0.2) is 29.7 Å². The quantitative estimate of drug-likeness (QED) is 0.404. The smallest absolute Gasteiger partial charge is 0.293 e. The third kappa shape index (κ3) is 5.03. The number of nitrogens with one attached hydrogen (secondary N) is 3. The number of allylic oxidation sites excluding steroid dienone is 1. The molecule has 27 heavy (non-hydrogen) atoms. The van der Waals surface area contributed by atoms with Gasteiger partial charge in [0.1, 0.15) is 17.3 Å². The molecular formula is C19H24F2N4O2. The average molecular weight is 378 g/mol. The number of piperazine rings is 1. The number of amides is 1. The van der Waals surface area contributed by atoms with Gasteiger partial charge in [-0.2, -0.15) is 0 Å². The summed E-state index contributed by atoms with van der Waals surface area (Å²) in [6, 6.07) is 2.83. The number of hydrogen-bond donors (Lipinski definition) is 3. The predicted molar refractivity (Wildman–Crippen MR) is 98.6 cm³/mol. The molecule has 0 radical (unpaired) electrons. The van der Waals surface area contributed by atoms with Gasteiger partial charge < -0.3 is 25.7 Å². The minimum atomic E-state index is -0.776. The number of ether oxygens (including phenoxy) is 1. The maximum atomic E-state index is 13.4. The molecule has 0 atom stereocenters. The van der Waals surface area contributed by atoms with E-state index >= 15 is 0 Å². The number of halogens is 2. The molecule has 146 valence electrons. The first-order valence-corrected chi connectivity index (χ1v) is 9.21. The fraction of sp³-hybridized carbons (Fsp3) is 0.474. The third-order valence-corrected chi connectivity index (χ3v) is 4.74. The molecule has 8 heteroatoms. The van der Waals surface area contributed by atoms with Gasteiger partial charge in [-0.3, -0.25) is 4.79 Å². The van der Waals surface area contributed by atoms with E-state index in [9.17, 15) is 13.6 Å². The Labute approximate surface area is 157 Å². The zero-order valence-electron chi connectivity index (χ0n) is 15.1. The Morgan fingerprint density at radius 2 is 1.81 bits per heavy atom. The summed E-state index contributed by atoms with van der Waals surface area (Å²) in [4.78, 5) is 14.8. The molecule has 3 rings (SSSR count). The second kappa shape index (κ2) is 8.94. The molecule has 0 unspecified atom stereocenters. The van der Waals surface area contributed by atoms with Crippen LogP contribution in [0, 0.1) is 17.0 Å². The van der Waals surface area contributed by atoms with E-state index in [4.69, 9.17) is 10.1 Å². The molecule has 1 heterocycles. The van der Waals surface area contributed by atoms with E-state index in [0.717, 1.165) is 63.2 Å². The van der Waals surface area contributed by atoms with Crippen LogP contribution < -0.4 is 10.6 Å². The number of carbonyl (C=O) groups is 1. The van der Waals surface area contributed by atoms with Gasteiger partial charge in [-0.25, -0.2) is 8.78 Å². The molecule has 1 aromatic carbocycles. The van der Waals surface area contributed by atoms with Crippen LogP contribution in [0.5, 0.6) is 0 Å². The first-order valence-electron chi connectivity index (χ1n) is 9.21. The third-order valence-electron chi connectivity index (χ3n) is 4.74. The van der Waals surface area contributed by atoms with Crippen molar-refractivity contribution in [2.45, 2.75) is 31.8 Å². The van der Waals surface area contributed by atoms with Crippen molar-refractivity contribution >= 4 is 17.8 Å². The summed E-state index contributed by atoms with van der Waals surface area (Å²) < 4.78 is 32.9. The standard InChI is InChI=1S/C19H24F2N4O2/c20-13-9-14(21)11-15(10-13)24-19(26)18(27-16-3-1-2-4-16)17(12-22)25-7-5-23-6-8-25/h9-12,16,22-23H,1-8H2,(H,24,26). The summed E-state index contributed by atoms with van der Waals surface area (Å²) in [5.41, 5.74) is 0.396. The summed E-state index contributed by atoms with van der Waals surface area (Å²) >= 11 is 0. The van der Waals surface area contributed by atoms with Crippen molar-refractivity contribution < 1.29 is 18.3 Å². The van der Waals surface area contributed by atoms with Crippen LogP contribution in [0.25, 0.3) is 0 Å². The minimum Gasteiger partial charge on any atom is -0.483 e. The van der Waals surface area contributed by atoms with Gasteiger partial charge in [-0.15, -0.1) is 0 Å². The highest BCUT2D eigenvalue weighted by Gasteiger charge is 2.27. The van der Waals surface area contributed by atoms with Gasteiger partial charge in [0.2, 0.25) is 5.76 Å². The number of benzene rings is 1. The maximum absolute atomic E-state index is 13.4. The lowest BCUT2D eigenvalue weighted by molar-refractivity contribution is -0.117. The van der Waals surface area contributed by atoms with E-state index in [1.807, 2.05) is 4.90 Å². The maximum Gasteiger partial charge on any atom is 0.293 e. The van der Waals surface area contributed by atoms with Crippen molar-refractivity contribution in [2.75, 3.05) is 31.5 Å². The first-order chi connectivity index (χ1) is 13.1. The Balaban J connectivity index is 1.88. The molecule has 1 saturated carbocycles. The SMILES string of the molecule is N=CC(=C(OC1CCCC1)C(=O)Nc1cc(F)cc(F)c1)N1CCNCC1. The number of nitrogens with zero attached hydrogens (tertiary/aromatic N) is 1. The number of hydrogen-bond acceptors (Lipinski definition) is 5. The van der Waals surface area contributed by atoms with Gasteiger partial charge in [0.25, 0.3) is 5.91 Å². The van der Waals surface area contributed by atoms with E-state index < -0.39 is 17.5 Å². The number of carbonyl (C=O) groups excluding carboxylic acids is 1. The molecule has 0 aromatic heterocycles. The Morgan fingerprint density at radius 3 is 2.41 bits per heavy atom. The van der Waals surface area contributed by atoms with Crippen molar-refractivity contribution in [1.29, 1.82) is 5.41 Å². The molecule has 1 amide bonds. The summed E-state index contributed by atoms with van der Waals surface area (Å²) in [6.45, 7) is 2.77. The monoisotopic (exact) mass is 378 g/mol. The lowest BCUT2D eigenvalue weighted by Gasteiger charge is -2.31.